The van der Waals surface area contributed by atoms with Crippen molar-refractivity contribution in [3.63, 3.8) is 0 Å². The van der Waals surface area contributed by atoms with Crippen LogP contribution in [0.15, 0.2) is 22.1 Å². The van der Waals surface area contributed by atoms with E-state index >= 15 is 0 Å². The van der Waals surface area contributed by atoms with E-state index in [9.17, 15) is 9.90 Å². The molecule has 0 radical (unpaired) electrons. The Morgan fingerprint density at radius 2 is 1.66 bits per heavy atom. The molecule has 6 heteroatoms. The number of aryl methyl sites for hydroxylation is 1. The zero-order chi connectivity index (χ0) is 29.4. The topological polar surface area (TPSA) is 59.7 Å². The SMILES string of the molecule is C/C(=C\CO[Si](C(C)C)(C(C)C)C(C)C)[C@@H]1C[C@@H](C)CC(=O)C1C(O)c1cc(C)c([Si](C)(C)C(C)(C)C)o1. The van der Waals surface area contributed by atoms with E-state index in [1.165, 1.54) is 0 Å². The summed E-state index contributed by atoms with van der Waals surface area (Å²) in [7, 11) is -3.89. The number of hydrogen-bond donors (Lipinski definition) is 1. The van der Waals surface area contributed by atoms with Gasteiger partial charge in [0.2, 0.25) is 8.32 Å². The van der Waals surface area contributed by atoms with Crippen molar-refractivity contribution in [3.8, 4) is 0 Å². The lowest BCUT2D eigenvalue weighted by molar-refractivity contribution is -0.133. The van der Waals surface area contributed by atoms with Gasteiger partial charge in [-0.15, -0.1) is 0 Å². The highest BCUT2D eigenvalue weighted by atomic mass is 28.4. The van der Waals surface area contributed by atoms with Gasteiger partial charge in [-0.1, -0.05) is 94.0 Å². The van der Waals surface area contributed by atoms with E-state index in [0.29, 0.717) is 41.3 Å². The molecular formula is C32H58O4Si2. The van der Waals surface area contributed by atoms with Gasteiger partial charge in [-0.2, -0.15) is 0 Å². The Kier molecular flexibility index (Phi) is 10.7. The second kappa shape index (κ2) is 12.3. The molecule has 1 aromatic heterocycles. The summed E-state index contributed by atoms with van der Waals surface area (Å²) < 4.78 is 13.2. The minimum Gasteiger partial charge on any atom is -0.468 e. The quantitative estimate of drug-likeness (QED) is 0.229. The van der Waals surface area contributed by atoms with Crippen LogP contribution in [0.4, 0.5) is 0 Å². The Morgan fingerprint density at radius 3 is 2.13 bits per heavy atom. The molecule has 1 saturated carbocycles. The Morgan fingerprint density at radius 1 is 1.13 bits per heavy atom. The van der Waals surface area contributed by atoms with Gasteiger partial charge in [0, 0.05) is 6.42 Å². The fourth-order valence-corrected chi connectivity index (χ4v) is 14.5. The lowest BCUT2D eigenvalue weighted by atomic mass is 9.68. The fraction of sp³-hybridized carbons (Fsp3) is 0.781. The maximum Gasteiger partial charge on any atom is 0.200 e. The van der Waals surface area contributed by atoms with Crippen molar-refractivity contribution < 1.29 is 18.7 Å². The molecule has 4 atom stereocenters. The van der Waals surface area contributed by atoms with Crippen LogP contribution in [0.2, 0.25) is 34.8 Å². The molecule has 218 valence electrons. The van der Waals surface area contributed by atoms with Crippen LogP contribution in [0.25, 0.3) is 0 Å². The van der Waals surface area contributed by atoms with Crippen molar-refractivity contribution in [2.75, 3.05) is 6.61 Å². The molecule has 1 N–H and O–H groups in total. The summed E-state index contributed by atoms with van der Waals surface area (Å²) in [6.45, 7) is 32.2. The number of allylic oxidation sites excluding steroid dienone is 1. The lowest BCUT2D eigenvalue weighted by Crippen LogP contribution is -2.49. The lowest BCUT2D eigenvalue weighted by Gasteiger charge is -2.42. The molecule has 2 unspecified atom stereocenters. The van der Waals surface area contributed by atoms with E-state index in [1.54, 1.807) is 0 Å². The summed E-state index contributed by atoms with van der Waals surface area (Å²) in [5.74, 6) is 0.502. The Bertz CT molecular complexity index is 958. The van der Waals surface area contributed by atoms with Crippen LogP contribution in [0.5, 0.6) is 0 Å². The van der Waals surface area contributed by atoms with Gasteiger partial charge < -0.3 is 13.9 Å². The number of Topliss-reactive ketones (excluding diaryl/α,β-unsaturated/α-hetero) is 1. The smallest absolute Gasteiger partial charge is 0.200 e. The molecule has 1 fully saturated rings. The van der Waals surface area contributed by atoms with Crippen LogP contribution < -0.4 is 5.38 Å². The summed E-state index contributed by atoms with van der Waals surface area (Å²) in [4.78, 5) is 13.4. The average Bonchev–Trinajstić information content (AvgIpc) is 3.16. The minimum absolute atomic E-state index is 0.0141. The van der Waals surface area contributed by atoms with Gasteiger partial charge in [0.15, 0.2) is 0 Å². The molecule has 38 heavy (non-hydrogen) atoms. The van der Waals surface area contributed by atoms with Crippen LogP contribution in [0, 0.1) is 24.7 Å². The third kappa shape index (κ3) is 6.50. The monoisotopic (exact) mass is 562 g/mol. The molecule has 4 nitrogen and oxygen atoms in total. The maximum atomic E-state index is 13.4. The zero-order valence-corrected chi connectivity index (χ0v) is 29.0. The number of hydrogen-bond acceptors (Lipinski definition) is 4. The van der Waals surface area contributed by atoms with Gasteiger partial charge in [-0.25, -0.2) is 0 Å². The Balaban J connectivity index is 2.39. The third-order valence-electron chi connectivity index (χ3n) is 10.1. The molecule has 1 aliphatic carbocycles. The molecule has 1 aliphatic rings. The molecule has 0 aliphatic heterocycles. The molecular weight excluding hydrogens is 505 g/mol. The Labute approximate surface area is 236 Å². The Hall–Kier alpha value is -0.956. The van der Waals surface area contributed by atoms with Gasteiger partial charge in [0.1, 0.15) is 25.7 Å². The van der Waals surface area contributed by atoms with Crippen LogP contribution >= 0.6 is 0 Å². The summed E-state index contributed by atoms with van der Waals surface area (Å²) >= 11 is 0. The molecule has 1 heterocycles. The molecule has 0 aromatic carbocycles. The van der Waals surface area contributed by atoms with Crippen LogP contribution in [0.3, 0.4) is 0 Å². The third-order valence-corrected chi connectivity index (χ3v) is 21.5. The van der Waals surface area contributed by atoms with Crippen molar-refractivity contribution in [3.05, 3.63) is 29.0 Å². The first-order valence-corrected chi connectivity index (χ1v) is 20.0. The predicted octanol–water partition coefficient (Wildman–Crippen LogP) is 8.71. The zero-order valence-electron chi connectivity index (χ0n) is 27.0. The number of rotatable bonds is 10. The van der Waals surface area contributed by atoms with Gasteiger partial charge in [-0.3, -0.25) is 4.79 Å². The number of ketones is 1. The number of carbonyl (C=O) groups excluding carboxylic acids is 1. The summed E-state index contributed by atoms with van der Waals surface area (Å²) in [6.07, 6.45) is 2.67. The largest absolute Gasteiger partial charge is 0.468 e. The van der Waals surface area contributed by atoms with E-state index in [2.05, 4.69) is 102 Å². The summed E-state index contributed by atoms with van der Waals surface area (Å²) in [5, 5.41) is 12.8. The minimum atomic E-state index is -1.97. The van der Waals surface area contributed by atoms with Crippen LogP contribution in [-0.4, -0.2) is 33.9 Å². The first kappa shape index (κ1) is 33.3. The van der Waals surface area contributed by atoms with Gasteiger partial charge >= 0.3 is 0 Å². The fourth-order valence-electron chi connectivity index (χ4n) is 6.99. The van der Waals surface area contributed by atoms with Gasteiger partial charge in [0.25, 0.3) is 0 Å². The highest BCUT2D eigenvalue weighted by Crippen LogP contribution is 2.45. The van der Waals surface area contributed by atoms with Crippen molar-refractivity contribution >= 4 is 27.6 Å². The number of carbonyl (C=O) groups is 1. The second-order valence-electron chi connectivity index (χ2n) is 14.7. The number of furan rings is 1. The molecule has 2 rings (SSSR count). The standard InChI is InChI=1S/C32H58O4Si2/c1-20(2)38(21(3)4,22(5)6)35-16-15-24(8)26-17-23(7)18-27(33)29(26)30(34)28-19-25(9)31(36-28)37(13,14)32(10,11)12/h15,19-23,26,29-30,34H,16-18H2,1-14H3/b24-15+/t23-,26+,29?,30?/m1/s1. The number of aliphatic hydroxyl groups excluding tert-OH is 1. The van der Waals surface area contributed by atoms with E-state index in [0.717, 1.165) is 22.9 Å². The van der Waals surface area contributed by atoms with Crippen molar-refractivity contribution in [2.45, 2.75) is 137 Å². The second-order valence-corrected chi connectivity index (χ2v) is 25.4. The van der Waals surface area contributed by atoms with E-state index in [1.807, 2.05) is 6.07 Å². The van der Waals surface area contributed by atoms with Gasteiger partial charge in [-0.05, 0) is 65.4 Å². The normalized spacial score (nSPS) is 23.2. The van der Waals surface area contributed by atoms with Gasteiger partial charge in [0.05, 0.1) is 17.9 Å². The van der Waals surface area contributed by atoms with E-state index < -0.39 is 28.4 Å². The summed E-state index contributed by atoms with van der Waals surface area (Å²) in [6, 6.07) is 1.99. The van der Waals surface area contributed by atoms with E-state index in [-0.39, 0.29) is 16.7 Å². The molecule has 0 saturated heterocycles. The first-order chi connectivity index (χ1) is 17.3. The summed E-state index contributed by atoms with van der Waals surface area (Å²) in [5.41, 5.74) is 3.83. The van der Waals surface area contributed by atoms with Crippen LogP contribution in [-0.2, 0) is 9.22 Å². The molecule has 0 bridgehead atoms. The number of aliphatic hydroxyl groups is 1. The van der Waals surface area contributed by atoms with Crippen LogP contribution in [0.1, 0.15) is 106 Å². The van der Waals surface area contributed by atoms with E-state index in [4.69, 9.17) is 8.84 Å². The predicted molar refractivity (Wildman–Crippen MR) is 166 cm³/mol. The van der Waals surface area contributed by atoms with Crippen molar-refractivity contribution in [2.24, 2.45) is 17.8 Å². The van der Waals surface area contributed by atoms with Crippen molar-refractivity contribution in [1.82, 2.24) is 0 Å². The van der Waals surface area contributed by atoms with Crippen molar-refractivity contribution in [1.29, 1.82) is 0 Å². The molecule has 0 spiro atoms. The average molecular weight is 563 g/mol. The highest BCUT2D eigenvalue weighted by Gasteiger charge is 2.46. The molecule has 0 amide bonds. The highest BCUT2D eigenvalue weighted by molar-refractivity contribution is 6.91. The first-order valence-electron chi connectivity index (χ1n) is 14.9. The maximum absolute atomic E-state index is 13.4. The molecule has 1 aromatic rings.